The zero-order valence-corrected chi connectivity index (χ0v) is 15.4. The highest BCUT2D eigenvalue weighted by Gasteiger charge is 2.31. The van der Waals surface area contributed by atoms with Crippen molar-refractivity contribution in [3.05, 3.63) is 65.3 Å². The number of H-pyrrole nitrogens is 1. The van der Waals surface area contributed by atoms with E-state index in [4.69, 9.17) is 4.52 Å². The van der Waals surface area contributed by atoms with Crippen molar-refractivity contribution in [1.82, 2.24) is 15.1 Å². The molecule has 1 aromatic carbocycles. The number of pyridine rings is 1. The summed E-state index contributed by atoms with van der Waals surface area (Å²) in [6.45, 7) is 3.60. The van der Waals surface area contributed by atoms with Gasteiger partial charge in [-0.1, -0.05) is 17.3 Å². The number of alkyl halides is 3. The Morgan fingerprint density at radius 1 is 1.21 bits per heavy atom. The number of benzene rings is 1. The Morgan fingerprint density at radius 3 is 2.69 bits per heavy atom. The Kier molecular flexibility index (Phi) is 4.54. The molecule has 3 aromatic heterocycles. The Morgan fingerprint density at radius 2 is 2.00 bits per heavy atom. The van der Waals surface area contributed by atoms with Gasteiger partial charge in [-0.25, -0.2) is 4.98 Å². The topological polar surface area (TPSA) is 84.2 Å². The first-order valence-corrected chi connectivity index (χ1v) is 8.67. The molecule has 0 aliphatic carbocycles. The van der Waals surface area contributed by atoms with E-state index in [9.17, 15) is 18.3 Å². The quantitative estimate of drug-likeness (QED) is 0.511. The van der Waals surface area contributed by atoms with Gasteiger partial charge in [0, 0.05) is 34.5 Å². The predicted octanol–water partition coefficient (Wildman–Crippen LogP) is 4.82. The van der Waals surface area contributed by atoms with E-state index in [1.54, 1.807) is 19.3 Å². The average Bonchev–Trinajstić information content (AvgIpc) is 3.22. The van der Waals surface area contributed by atoms with Crippen molar-refractivity contribution in [3.8, 4) is 16.9 Å². The van der Waals surface area contributed by atoms with Crippen LogP contribution in [0.1, 0.15) is 28.7 Å². The summed E-state index contributed by atoms with van der Waals surface area (Å²) in [5, 5.41) is 15.4. The van der Waals surface area contributed by atoms with Crippen LogP contribution in [0.25, 0.3) is 22.2 Å². The number of halogens is 3. The predicted molar refractivity (Wildman–Crippen MR) is 98.3 cm³/mol. The minimum atomic E-state index is -4.81. The molecule has 29 heavy (non-hydrogen) atoms. The van der Waals surface area contributed by atoms with E-state index in [0.717, 1.165) is 17.2 Å². The minimum Gasteiger partial charge on any atom is -0.406 e. The second-order valence-corrected chi connectivity index (χ2v) is 6.59. The SMILES string of the molecule is Cc1noc(C)c1-c1cnc2[nH]cc(C(O)c3cccc(OC(F)(F)F)c3)c2c1. The molecule has 0 aliphatic rings. The van der Waals surface area contributed by atoms with Gasteiger partial charge in [-0.2, -0.15) is 0 Å². The number of nitrogens with zero attached hydrogens (tertiary/aromatic N) is 2. The zero-order valence-electron chi connectivity index (χ0n) is 15.4. The van der Waals surface area contributed by atoms with E-state index < -0.39 is 18.2 Å². The monoisotopic (exact) mass is 403 g/mol. The van der Waals surface area contributed by atoms with Crippen LogP contribution in [0.4, 0.5) is 13.2 Å². The number of nitrogens with one attached hydrogen (secondary N) is 1. The number of aliphatic hydroxyl groups is 1. The number of rotatable bonds is 4. The van der Waals surface area contributed by atoms with Gasteiger partial charge in [0.05, 0.1) is 5.69 Å². The molecule has 4 aromatic rings. The minimum absolute atomic E-state index is 0.260. The second kappa shape index (κ2) is 6.93. The van der Waals surface area contributed by atoms with Crippen molar-refractivity contribution < 1.29 is 27.5 Å². The van der Waals surface area contributed by atoms with Crippen LogP contribution >= 0.6 is 0 Å². The molecule has 0 radical (unpaired) electrons. The lowest BCUT2D eigenvalue weighted by atomic mass is 9.99. The first kappa shape index (κ1) is 19.0. The average molecular weight is 403 g/mol. The Balaban J connectivity index is 1.74. The van der Waals surface area contributed by atoms with Crippen LogP contribution in [0.15, 0.2) is 47.2 Å². The molecule has 0 saturated carbocycles. The zero-order chi connectivity index (χ0) is 20.8. The summed E-state index contributed by atoms with van der Waals surface area (Å²) in [4.78, 5) is 7.34. The molecule has 0 amide bonds. The maximum atomic E-state index is 12.5. The lowest BCUT2D eigenvalue weighted by Crippen LogP contribution is -2.17. The maximum Gasteiger partial charge on any atom is 0.573 e. The lowest BCUT2D eigenvalue weighted by Gasteiger charge is -2.14. The molecular weight excluding hydrogens is 387 g/mol. The third-order valence-corrected chi connectivity index (χ3v) is 4.59. The number of ether oxygens (including phenoxy) is 1. The van der Waals surface area contributed by atoms with Gasteiger partial charge in [-0.3, -0.25) is 0 Å². The van der Waals surface area contributed by atoms with Crippen LogP contribution < -0.4 is 4.74 Å². The first-order chi connectivity index (χ1) is 13.7. The first-order valence-electron chi connectivity index (χ1n) is 8.67. The number of hydrogen-bond donors (Lipinski definition) is 2. The molecule has 3 heterocycles. The molecule has 0 fully saturated rings. The van der Waals surface area contributed by atoms with Crippen LogP contribution in [0, 0.1) is 13.8 Å². The number of aromatic nitrogens is 3. The van der Waals surface area contributed by atoms with Crippen molar-refractivity contribution in [3.63, 3.8) is 0 Å². The molecular formula is C20H16F3N3O3. The van der Waals surface area contributed by atoms with Gasteiger partial charge in [0.1, 0.15) is 23.3 Å². The molecule has 0 saturated heterocycles. The largest absolute Gasteiger partial charge is 0.573 e. The molecule has 6 nitrogen and oxygen atoms in total. The molecule has 0 aliphatic heterocycles. The number of aromatic amines is 1. The normalized spacial score (nSPS) is 13.0. The molecule has 1 atom stereocenters. The third-order valence-electron chi connectivity index (χ3n) is 4.59. The van der Waals surface area contributed by atoms with Gasteiger partial charge in [0.15, 0.2) is 0 Å². The van der Waals surface area contributed by atoms with Crippen molar-refractivity contribution in [1.29, 1.82) is 0 Å². The summed E-state index contributed by atoms with van der Waals surface area (Å²) in [5.41, 5.74) is 3.55. The van der Waals surface area contributed by atoms with Gasteiger partial charge in [-0.05, 0) is 37.6 Å². The molecule has 150 valence electrons. The van der Waals surface area contributed by atoms with E-state index in [1.807, 2.05) is 13.0 Å². The van der Waals surface area contributed by atoms with Crippen LogP contribution in [0.5, 0.6) is 5.75 Å². The summed E-state index contributed by atoms with van der Waals surface area (Å²) in [6, 6.07) is 7.08. The fourth-order valence-electron chi connectivity index (χ4n) is 3.34. The van der Waals surface area contributed by atoms with Crippen molar-refractivity contribution in [2.45, 2.75) is 26.3 Å². The van der Waals surface area contributed by atoms with E-state index in [2.05, 4.69) is 19.9 Å². The van der Waals surface area contributed by atoms with E-state index in [0.29, 0.717) is 28.1 Å². The Hall–Kier alpha value is -3.33. The fraction of sp³-hybridized carbons (Fsp3) is 0.200. The van der Waals surface area contributed by atoms with Crippen LogP contribution in [0.3, 0.4) is 0 Å². The summed E-state index contributed by atoms with van der Waals surface area (Å²) >= 11 is 0. The van der Waals surface area contributed by atoms with E-state index in [-0.39, 0.29) is 5.56 Å². The Labute approximate surface area is 162 Å². The Bertz CT molecular complexity index is 1160. The van der Waals surface area contributed by atoms with Gasteiger partial charge < -0.3 is 19.4 Å². The summed E-state index contributed by atoms with van der Waals surface area (Å²) in [7, 11) is 0. The molecule has 2 N–H and O–H groups in total. The van der Waals surface area contributed by atoms with Crippen LogP contribution in [-0.4, -0.2) is 26.6 Å². The van der Waals surface area contributed by atoms with Crippen molar-refractivity contribution >= 4 is 11.0 Å². The van der Waals surface area contributed by atoms with Gasteiger partial charge >= 0.3 is 6.36 Å². The summed E-state index contributed by atoms with van der Waals surface area (Å²) in [6.07, 6.45) is -2.74. The lowest BCUT2D eigenvalue weighted by molar-refractivity contribution is -0.274. The molecule has 1 unspecified atom stereocenters. The number of aliphatic hydroxyl groups excluding tert-OH is 1. The number of hydrogen-bond acceptors (Lipinski definition) is 5. The standard InChI is InChI=1S/C20H16F3N3O3/c1-10-17(11(2)29-26-10)13-7-15-16(9-25-19(15)24-8-13)18(27)12-4-3-5-14(6-12)28-20(21,22)23/h3-9,18,27H,1-2H3,(H,24,25). The highest BCUT2D eigenvalue weighted by atomic mass is 19.4. The highest BCUT2D eigenvalue weighted by molar-refractivity contribution is 5.86. The third kappa shape index (κ3) is 3.68. The van der Waals surface area contributed by atoms with Crippen molar-refractivity contribution in [2.75, 3.05) is 0 Å². The molecule has 0 spiro atoms. The summed E-state index contributed by atoms with van der Waals surface area (Å²) in [5.74, 6) is 0.238. The van der Waals surface area contributed by atoms with Crippen LogP contribution in [-0.2, 0) is 0 Å². The van der Waals surface area contributed by atoms with Crippen LogP contribution in [0.2, 0.25) is 0 Å². The fourth-order valence-corrected chi connectivity index (χ4v) is 3.34. The van der Waals surface area contributed by atoms with Gasteiger partial charge in [-0.15, -0.1) is 13.2 Å². The molecule has 4 rings (SSSR count). The second-order valence-electron chi connectivity index (χ2n) is 6.59. The van der Waals surface area contributed by atoms with E-state index in [1.165, 1.54) is 18.2 Å². The highest BCUT2D eigenvalue weighted by Crippen LogP contribution is 2.34. The number of fused-ring (bicyclic) bond motifs is 1. The number of aryl methyl sites for hydroxylation is 2. The van der Waals surface area contributed by atoms with Gasteiger partial charge in [0.2, 0.25) is 0 Å². The van der Waals surface area contributed by atoms with Gasteiger partial charge in [0.25, 0.3) is 0 Å². The maximum absolute atomic E-state index is 12.5. The molecule has 0 bridgehead atoms. The smallest absolute Gasteiger partial charge is 0.406 e. The van der Waals surface area contributed by atoms with E-state index >= 15 is 0 Å². The van der Waals surface area contributed by atoms with Crippen molar-refractivity contribution in [2.24, 2.45) is 0 Å². The molecule has 9 heteroatoms. The summed E-state index contributed by atoms with van der Waals surface area (Å²) < 4.78 is 46.6.